The summed E-state index contributed by atoms with van der Waals surface area (Å²) < 4.78 is 13.1. The first-order chi connectivity index (χ1) is 17.5. The van der Waals surface area contributed by atoms with Gasteiger partial charge >= 0.3 is 6.09 Å². The van der Waals surface area contributed by atoms with Gasteiger partial charge in [0.1, 0.15) is 11.4 Å². The van der Waals surface area contributed by atoms with Crippen molar-refractivity contribution in [2.45, 2.75) is 65.6 Å². The number of carbonyl (C=O) groups is 2. The third-order valence-corrected chi connectivity index (χ3v) is 6.74. The number of hydrogen-bond acceptors (Lipinski definition) is 5. The van der Waals surface area contributed by atoms with Gasteiger partial charge in [-0.15, -0.1) is 0 Å². The summed E-state index contributed by atoms with van der Waals surface area (Å²) in [5, 5.41) is 3.78. The number of rotatable bonds is 5. The molecule has 9 heteroatoms. The summed E-state index contributed by atoms with van der Waals surface area (Å²) in [5.74, 6) is 0.193. The lowest BCUT2D eigenvalue weighted by molar-refractivity contribution is 0.0189. The fourth-order valence-electron chi connectivity index (χ4n) is 5.07. The van der Waals surface area contributed by atoms with Gasteiger partial charge in [-0.25, -0.2) is 4.79 Å². The summed E-state index contributed by atoms with van der Waals surface area (Å²) >= 11 is 0. The molecule has 0 bridgehead atoms. The van der Waals surface area contributed by atoms with Crippen LogP contribution in [0.4, 0.5) is 4.79 Å². The van der Waals surface area contributed by atoms with E-state index in [1.807, 2.05) is 52.0 Å². The predicted molar refractivity (Wildman–Crippen MR) is 142 cm³/mol. The van der Waals surface area contributed by atoms with Crippen molar-refractivity contribution in [2.75, 3.05) is 20.2 Å². The maximum absolute atomic E-state index is 13.5. The number of benzene rings is 1. The summed E-state index contributed by atoms with van der Waals surface area (Å²) in [6, 6.07) is 9.73. The topological polar surface area (TPSA) is 106 Å². The largest absolute Gasteiger partial charge is 0.496 e. The van der Waals surface area contributed by atoms with E-state index < -0.39 is 5.60 Å². The minimum absolute atomic E-state index is 0.0465. The number of methoxy groups -OCH3 is 1. The molecule has 0 radical (unpaired) electrons. The smallest absolute Gasteiger partial charge is 0.410 e. The van der Waals surface area contributed by atoms with Gasteiger partial charge in [-0.05, 0) is 59.6 Å². The molecule has 0 saturated carbocycles. The Morgan fingerprint density at radius 2 is 1.81 bits per heavy atom. The number of nitrogens with zero attached hydrogens (tertiary/aromatic N) is 2. The molecule has 0 aliphatic carbocycles. The Balaban J connectivity index is 1.57. The van der Waals surface area contributed by atoms with Crippen molar-refractivity contribution in [3.05, 3.63) is 63.2 Å². The molecule has 2 amide bonds. The Bertz CT molecular complexity index is 1370. The summed E-state index contributed by atoms with van der Waals surface area (Å²) in [5.41, 5.74) is 2.68. The van der Waals surface area contributed by atoms with Crippen LogP contribution in [-0.2, 0) is 11.3 Å². The molecule has 1 saturated heterocycles. The van der Waals surface area contributed by atoms with Crippen LogP contribution in [0.3, 0.4) is 0 Å². The first-order valence-corrected chi connectivity index (χ1v) is 12.6. The molecule has 0 spiro atoms. The number of para-hydroxylation sites is 1. The Morgan fingerprint density at radius 3 is 2.46 bits per heavy atom. The second-order valence-electron chi connectivity index (χ2n) is 10.6. The van der Waals surface area contributed by atoms with E-state index in [0.717, 1.165) is 29.4 Å². The van der Waals surface area contributed by atoms with Gasteiger partial charge < -0.3 is 29.2 Å². The highest BCUT2D eigenvalue weighted by Gasteiger charge is 2.30. The molecule has 37 heavy (non-hydrogen) atoms. The molecule has 1 aromatic carbocycles. The van der Waals surface area contributed by atoms with Crippen molar-refractivity contribution in [1.29, 1.82) is 0 Å². The average molecular weight is 509 g/mol. The van der Waals surface area contributed by atoms with Gasteiger partial charge in [-0.3, -0.25) is 9.59 Å². The lowest BCUT2D eigenvalue weighted by atomic mass is 10.0. The maximum Gasteiger partial charge on any atom is 0.410 e. The second kappa shape index (κ2) is 10.3. The zero-order valence-electron chi connectivity index (χ0n) is 22.4. The minimum atomic E-state index is -0.531. The number of ether oxygens (including phenoxy) is 2. The standard InChI is InChI=1S/C28H36N4O5/c1-17-15-23(36-6)21(25(33)30-17)16-29-26(34)24-18(2)32(22-10-8-7-9-20(22)24)19-11-13-31(14-12-19)27(35)37-28(3,4)5/h7-10,15,19H,11-14,16H2,1-6H3,(H,29,34)(H,30,33). The van der Waals surface area contributed by atoms with Crippen LogP contribution in [0.2, 0.25) is 0 Å². The van der Waals surface area contributed by atoms with Gasteiger partial charge in [-0.2, -0.15) is 0 Å². The molecule has 1 aliphatic heterocycles. The van der Waals surface area contributed by atoms with E-state index in [1.165, 1.54) is 7.11 Å². The van der Waals surface area contributed by atoms with E-state index in [0.29, 0.717) is 35.7 Å². The number of H-pyrrole nitrogens is 1. The Morgan fingerprint density at radius 1 is 1.14 bits per heavy atom. The van der Waals surface area contributed by atoms with Crippen molar-refractivity contribution >= 4 is 22.9 Å². The van der Waals surface area contributed by atoms with E-state index >= 15 is 0 Å². The van der Waals surface area contributed by atoms with Crippen LogP contribution in [0.1, 0.15) is 67.0 Å². The van der Waals surface area contributed by atoms with Crippen molar-refractivity contribution in [2.24, 2.45) is 0 Å². The van der Waals surface area contributed by atoms with Crippen LogP contribution in [0.5, 0.6) is 5.75 Å². The van der Waals surface area contributed by atoms with Crippen molar-refractivity contribution in [1.82, 2.24) is 19.8 Å². The molecule has 2 aromatic heterocycles. The van der Waals surface area contributed by atoms with E-state index in [1.54, 1.807) is 17.9 Å². The predicted octanol–water partition coefficient (Wildman–Crippen LogP) is 4.46. The number of nitrogens with one attached hydrogen (secondary N) is 2. The number of fused-ring (bicyclic) bond motifs is 1. The van der Waals surface area contributed by atoms with Crippen LogP contribution in [0, 0.1) is 13.8 Å². The molecule has 3 heterocycles. The summed E-state index contributed by atoms with van der Waals surface area (Å²) in [7, 11) is 1.51. The first kappa shape index (κ1) is 26.3. The zero-order chi connectivity index (χ0) is 26.9. The molecular formula is C28H36N4O5. The fraction of sp³-hybridized carbons (Fsp3) is 0.464. The number of likely N-dealkylation sites (tertiary alicyclic amines) is 1. The third kappa shape index (κ3) is 5.50. The zero-order valence-corrected chi connectivity index (χ0v) is 22.4. The quantitative estimate of drug-likeness (QED) is 0.530. The number of carbonyl (C=O) groups excluding carboxylic acids is 2. The number of amides is 2. The van der Waals surface area contributed by atoms with Gasteiger partial charge in [0, 0.05) is 41.4 Å². The first-order valence-electron chi connectivity index (χ1n) is 12.6. The van der Waals surface area contributed by atoms with Crippen molar-refractivity contribution < 1.29 is 19.1 Å². The average Bonchev–Trinajstić information content (AvgIpc) is 3.13. The van der Waals surface area contributed by atoms with Crippen LogP contribution in [-0.4, -0.2) is 52.3 Å². The van der Waals surface area contributed by atoms with Crippen molar-refractivity contribution in [3.63, 3.8) is 0 Å². The minimum Gasteiger partial charge on any atom is -0.496 e. The number of aryl methyl sites for hydroxylation is 1. The third-order valence-electron chi connectivity index (χ3n) is 6.74. The van der Waals surface area contributed by atoms with Crippen molar-refractivity contribution in [3.8, 4) is 5.75 Å². The highest BCUT2D eigenvalue weighted by Crippen LogP contribution is 2.34. The SMILES string of the molecule is COc1cc(C)[nH]c(=O)c1CNC(=O)c1c(C)n(C2CCN(C(=O)OC(C)(C)C)CC2)c2ccccc12. The van der Waals surface area contributed by atoms with Crippen LogP contribution in [0.15, 0.2) is 35.1 Å². The van der Waals surface area contributed by atoms with Gasteiger partial charge in [0.25, 0.3) is 11.5 Å². The Hall–Kier alpha value is -3.75. The highest BCUT2D eigenvalue weighted by molar-refractivity contribution is 6.08. The molecule has 3 aromatic rings. The van der Waals surface area contributed by atoms with E-state index in [9.17, 15) is 14.4 Å². The van der Waals surface area contributed by atoms with Gasteiger partial charge in [0.15, 0.2) is 0 Å². The van der Waals surface area contributed by atoms with Crippen LogP contribution in [0.25, 0.3) is 10.9 Å². The second-order valence-corrected chi connectivity index (χ2v) is 10.6. The van der Waals surface area contributed by atoms with Gasteiger partial charge in [0.2, 0.25) is 0 Å². The fourth-order valence-corrected chi connectivity index (χ4v) is 5.07. The number of aromatic amines is 1. The molecular weight excluding hydrogens is 472 g/mol. The number of hydrogen-bond donors (Lipinski definition) is 2. The molecule has 9 nitrogen and oxygen atoms in total. The molecule has 1 aliphatic rings. The maximum atomic E-state index is 13.5. The monoisotopic (exact) mass is 508 g/mol. The van der Waals surface area contributed by atoms with Crippen LogP contribution < -0.4 is 15.6 Å². The normalized spacial score (nSPS) is 14.6. The molecule has 1 fully saturated rings. The highest BCUT2D eigenvalue weighted by atomic mass is 16.6. The summed E-state index contributed by atoms with van der Waals surface area (Å²) in [4.78, 5) is 43.0. The van der Waals surface area contributed by atoms with Gasteiger partial charge in [0.05, 0.1) is 24.8 Å². The van der Waals surface area contributed by atoms with E-state index in [2.05, 4.69) is 14.9 Å². The number of pyridine rings is 1. The molecule has 0 unspecified atom stereocenters. The lowest BCUT2D eigenvalue weighted by Gasteiger charge is -2.34. The Kier molecular flexibility index (Phi) is 7.34. The molecule has 2 N–H and O–H groups in total. The molecule has 4 rings (SSSR count). The van der Waals surface area contributed by atoms with Crippen LogP contribution >= 0.6 is 0 Å². The Labute approximate surface area is 216 Å². The molecule has 0 atom stereocenters. The van der Waals surface area contributed by atoms with Gasteiger partial charge in [-0.1, -0.05) is 18.2 Å². The number of piperidine rings is 1. The van der Waals surface area contributed by atoms with E-state index in [-0.39, 0.29) is 30.1 Å². The van der Waals surface area contributed by atoms with E-state index in [4.69, 9.17) is 9.47 Å². The summed E-state index contributed by atoms with van der Waals surface area (Å²) in [6.07, 6.45) is 1.23. The molecule has 198 valence electrons. The summed E-state index contributed by atoms with van der Waals surface area (Å²) in [6.45, 7) is 10.5. The lowest BCUT2D eigenvalue weighted by Crippen LogP contribution is -2.42. The number of aromatic nitrogens is 2.